The second kappa shape index (κ2) is 4.46. The molecule has 0 unspecified atom stereocenters. The van der Waals surface area contributed by atoms with Crippen molar-refractivity contribution in [1.82, 2.24) is 0 Å². The fourth-order valence-corrected chi connectivity index (χ4v) is 1.40. The molecule has 0 aliphatic carbocycles. The summed E-state index contributed by atoms with van der Waals surface area (Å²) in [5, 5.41) is 1.35. The average molecular weight is 212 g/mol. The molecular weight excluding hydrogens is 195 g/mol. The van der Waals surface area contributed by atoms with Crippen LogP contribution in [0.2, 0.25) is 0 Å². The van der Waals surface area contributed by atoms with Crippen molar-refractivity contribution >= 4 is 11.4 Å². The second-order valence-electron chi connectivity index (χ2n) is 3.74. The topological polar surface area (TPSA) is 81.3 Å². The van der Waals surface area contributed by atoms with Crippen LogP contribution in [0.4, 0.5) is 15.8 Å². The van der Waals surface area contributed by atoms with Gasteiger partial charge in [0.2, 0.25) is 0 Å². The van der Waals surface area contributed by atoms with E-state index in [0.29, 0.717) is 5.69 Å². The minimum atomic E-state index is -0.423. The first kappa shape index (κ1) is 11.7. The number of anilines is 2. The van der Waals surface area contributed by atoms with Crippen LogP contribution in [-0.4, -0.2) is 6.67 Å². The highest BCUT2D eigenvalue weighted by Gasteiger charge is 2.13. The van der Waals surface area contributed by atoms with Crippen molar-refractivity contribution in [2.45, 2.75) is 19.8 Å². The number of nitrogens with two attached hydrogens (primary N) is 3. The molecule has 0 aromatic heterocycles. The zero-order valence-electron chi connectivity index (χ0n) is 9.00. The SMILES string of the molecule is CC(C)c1cc(F)c(N)cc1N(N)CN. The molecule has 1 aromatic carbocycles. The van der Waals surface area contributed by atoms with Crippen LogP contribution < -0.4 is 22.3 Å². The molecule has 0 atom stereocenters. The van der Waals surface area contributed by atoms with Crippen LogP contribution in [0.1, 0.15) is 25.3 Å². The van der Waals surface area contributed by atoms with Gasteiger partial charge in [-0.15, -0.1) is 0 Å². The van der Waals surface area contributed by atoms with Gasteiger partial charge in [-0.05, 0) is 23.6 Å². The fourth-order valence-electron chi connectivity index (χ4n) is 1.40. The molecule has 0 aliphatic heterocycles. The lowest BCUT2D eigenvalue weighted by Gasteiger charge is -2.22. The number of hydrogen-bond acceptors (Lipinski definition) is 4. The van der Waals surface area contributed by atoms with E-state index >= 15 is 0 Å². The highest BCUT2D eigenvalue weighted by Crippen LogP contribution is 2.29. The summed E-state index contributed by atoms with van der Waals surface area (Å²) >= 11 is 0. The van der Waals surface area contributed by atoms with Gasteiger partial charge in [0.15, 0.2) is 0 Å². The number of nitrogens with zero attached hydrogens (tertiary/aromatic N) is 1. The lowest BCUT2D eigenvalue weighted by atomic mass is 10.00. The molecule has 5 heteroatoms. The number of rotatable bonds is 3. The van der Waals surface area contributed by atoms with Crippen molar-refractivity contribution in [2.75, 3.05) is 17.4 Å². The molecule has 0 fully saturated rings. The predicted molar refractivity (Wildman–Crippen MR) is 60.6 cm³/mol. The monoisotopic (exact) mass is 212 g/mol. The quantitative estimate of drug-likeness (QED) is 0.303. The van der Waals surface area contributed by atoms with Crippen molar-refractivity contribution in [3.63, 3.8) is 0 Å². The average Bonchev–Trinajstić information content (AvgIpc) is 2.20. The van der Waals surface area contributed by atoms with E-state index in [2.05, 4.69) is 0 Å². The minimum Gasteiger partial charge on any atom is -0.396 e. The van der Waals surface area contributed by atoms with Gasteiger partial charge < -0.3 is 11.5 Å². The maximum atomic E-state index is 13.3. The molecule has 0 spiro atoms. The molecule has 0 bridgehead atoms. The molecule has 0 heterocycles. The molecule has 0 aliphatic rings. The van der Waals surface area contributed by atoms with E-state index in [0.717, 1.165) is 5.56 Å². The maximum Gasteiger partial charge on any atom is 0.146 e. The standard InChI is InChI=1S/C10H17FN4/c1-6(2)7-3-8(11)9(13)4-10(7)15(14)5-12/h3-4,6H,5,12-14H2,1-2H3. The molecule has 0 saturated carbocycles. The molecule has 6 N–H and O–H groups in total. The molecule has 15 heavy (non-hydrogen) atoms. The Hall–Kier alpha value is -1.33. The van der Waals surface area contributed by atoms with E-state index in [-0.39, 0.29) is 18.3 Å². The summed E-state index contributed by atoms with van der Waals surface area (Å²) in [6.07, 6.45) is 0. The van der Waals surface area contributed by atoms with Gasteiger partial charge in [0.05, 0.1) is 18.0 Å². The summed E-state index contributed by atoms with van der Waals surface area (Å²) in [6, 6.07) is 2.92. The molecular formula is C10H17FN4. The first-order valence-electron chi connectivity index (χ1n) is 4.78. The van der Waals surface area contributed by atoms with Crippen LogP contribution in [0.25, 0.3) is 0 Å². The number of benzene rings is 1. The van der Waals surface area contributed by atoms with E-state index < -0.39 is 5.82 Å². The van der Waals surface area contributed by atoms with Gasteiger partial charge in [0, 0.05) is 0 Å². The van der Waals surface area contributed by atoms with Crippen LogP contribution in [0.5, 0.6) is 0 Å². The molecule has 1 aromatic rings. The Kier molecular flexibility index (Phi) is 3.49. The summed E-state index contributed by atoms with van der Waals surface area (Å²) < 4.78 is 13.3. The normalized spacial score (nSPS) is 10.8. The van der Waals surface area contributed by atoms with Gasteiger partial charge in [-0.3, -0.25) is 5.01 Å². The zero-order chi connectivity index (χ0) is 11.6. The number of hydrogen-bond donors (Lipinski definition) is 3. The lowest BCUT2D eigenvalue weighted by molar-refractivity contribution is 0.627. The molecule has 1 rings (SSSR count). The smallest absolute Gasteiger partial charge is 0.146 e. The van der Waals surface area contributed by atoms with E-state index in [1.165, 1.54) is 17.1 Å². The van der Waals surface area contributed by atoms with Crippen molar-refractivity contribution in [2.24, 2.45) is 11.6 Å². The van der Waals surface area contributed by atoms with E-state index in [1.54, 1.807) is 0 Å². The van der Waals surface area contributed by atoms with Gasteiger partial charge in [0.25, 0.3) is 0 Å². The highest BCUT2D eigenvalue weighted by molar-refractivity contribution is 5.62. The maximum absolute atomic E-state index is 13.3. The Morgan fingerprint density at radius 3 is 2.47 bits per heavy atom. The van der Waals surface area contributed by atoms with Gasteiger partial charge in [-0.1, -0.05) is 13.8 Å². The van der Waals surface area contributed by atoms with Crippen LogP contribution in [0.15, 0.2) is 12.1 Å². The summed E-state index contributed by atoms with van der Waals surface area (Å²) in [4.78, 5) is 0. The van der Waals surface area contributed by atoms with Crippen molar-refractivity contribution in [3.05, 3.63) is 23.5 Å². The van der Waals surface area contributed by atoms with E-state index in [9.17, 15) is 4.39 Å². The van der Waals surface area contributed by atoms with Crippen molar-refractivity contribution in [1.29, 1.82) is 0 Å². The molecule has 84 valence electrons. The predicted octanol–water partition coefficient (Wildman–Crippen LogP) is 1.13. The second-order valence-corrected chi connectivity index (χ2v) is 3.74. The van der Waals surface area contributed by atoms with Gasteiger partial charge in [0.1, 0.15) is 5.82 Å². The number of halogens is 1. The van der Waals surface area contributed by atoms with Crippen molar-refractivity contribution in [3.8, 4) is 0 Å². The third-order valence-corrected chi connectivity index (χ3v) is 2.27. The Bertz CT molecular complexity index is 352. The minimum absolute atomic E-state index is 0.0818. The molecule has 0 amide bonds. The molecule has 0 radical (unpaired) electrons. The van der Waals surface area contributed by atoms with Crippen LogP contribution in [-0.2, 0) is 0 Å². The summed E-state index contributed by atoms with van der Waals surface area (Å²) in [5.74, 6) is 5.42. The fraction of sp³-hybridized carbons (Fsp3) is 0.400. The highest BCUT2D eigenvalue weighted by atomic mass is 19.1. The molecule has 0 saturated heterocycles. The lowest BCUT2D eigenvalue weighted by Crippen LogP contribution is -2.37. The number of hydrazine groups is 1. The van der Waals surface area contributed by atoms with Gasteiger partial charge >= 0.3 is 0 Å². The first-order chi connectivity index (χ1) is 6.97. The van der Waals surface area contributed by atoms with Crippen LogP contribution in [0, 0.1) is 5.82 Å². The Morgan fingerprint density at radius 1 is 1.40 bits per heavy atom. The van der Waals surface area contributed by atoms with Crippen LogP contribution >= 0.6 is 0 Å². The van der Waals surface area contributed by atoms with Gasteiger partial charge in [-0.2, -0.15) is 0 Å². The van der Waals surface area contributed by atoms with Crippen LogP contribution in [0.3, 0.4) is 0 Å². The van der Waals surface area contributed by atoms with E-state index in [4.69, 9.17) is 17.3 Å². The summed E-state index contributed by atoms with van der Waals surface area (Å²) in [7, 11) is 0. The third-order valence-electron chi connectivity index (χ3n) is 2.27. The largest absolute Gasteiger partial charge is 0.396 e. The first-order valence-corrected chi connectivity index (χ1v) is 4.78. The van der Waals surface area contributed by atoms with Gasteiger partial charge in [-0.25, -0.2) is 10.2 Å². The Balaban J connectivity index is 3.28. The number of nitrogen functional groups attached to an aromatic ring is 1. The summed E-state index contributed by atoms with van der Waals surface area (Å²) in [6.45, 7) is 4.07. The third kappa shape index (κ3) is 2.37. The Labute approximate surface area is 88.8 Å². The molecule has 4 nitrogen and oxygen atoms in total. The van der Waals surface area contributed by atoms with Crippen molar-refractivity contribution < 1.29 is 4.39 Å². The summed E-state index contributed by atoms with van der Waals surface area (Å²) in [5.41, 5.74) is 12.5. The van der Waals surface area contributed by atoms with E-state index in [1.807, 2.05) is 13.8 Å². The zero-order valence-corrected chi connectivity index (χ0v) is 9.00. The Morgan fingerprint density at radius 2 is 2.00 bits per heavy atom.